The number of likely N-dealkylation sites (N-methyl/N-ethyl adjacent to an activating group) is 1. The summed E-state index contributed by atoms with van der Waals surface area (Å²) in [6, 6.07) is 13.6. The lowest BCUT2D eigenvalue weighted by Crippen LogP contribution is -2.20. The van der Waals surface area contributed by atoms with Crippen LogP contribution in [0.3, 0.4) is 0 Å². The number of anilines is 2. The van der Waals surface area contributed by atoms with Gasteiger partial charge in [0.05, 0.1) is 12.8 Å². The quantitative estimate of drug-likeness (QED) is 0.622. The summed E-state index contributed by atoms with van der Waals surface area (Å²) in [6.07, 6.45) is 3.45. The van der Waals surface area contributed by atoms with Crippen LogP contribution in [0.4, 0.5) is 11.5 Å². The Labute approximate surface area is 118 Å². The Balaban J connectivity index is 1.93. The predicted molar refractivity (Wildman–Crippen MR) is 82.3 cm³/mol. The van der Waals surface area contributed by atoms with Gasteiger partial charge in [-0.05, 0) is 29.8 Å². The van der Waals surface area contributed by atoms with Gasteiger partial charge in [-0.2, -0.15) is 5.10 Å². The van der Waals surface area contributed by atoms with Crippen molar-refractivity contribution >= 4 is 17.7 Å². The molecular formula is C15H18N4O. The van der Waals surface area contributed by atoms with Crippen LogP contribution in [-0.2, 0) is 0 Å². The second-order valence-electron chi connectivity index (χ2n) is 4.32. The molecule has 0 aliphatic rings. The molecule has 0 aliphatic carbocycles. The first kappa shape index (κ1) is 14.0. The fraction of sp³-hybridized carbons (Fsp3) is 0.200. The lowest BCUT2D eigenvalue weighted by Gasteiger charge is -2.17. The Kier molecular flexibility index (Phi) is 5.08. The van der Waals surface area contributed by atoms with E-state index in [1.54, 1.807) is 12.4 Å². The van der Waals surface area contributed by atoms with E-state index in [2.05, 4.69) is 15.5 Å². The number of hydrogen-bond acceptors (Lipinski definition) is 5. The number of nitrogens with one attached hydrogen (secondary N) is 1. The molecule has 0 unspecified atom stereocenters. The van der Waals surface area contributed by atoms with Crippen molar-refractivity contribution in [2.45, 2.75) is 0 Å². The van der Waals surface area contributed by atoms with Crippen molar-refractivity contribution in [3.05, 3.63) is 54.2 Å². The van der Waals surface area contributed by atoms with Crippen molar-refractivity contribution in [2.75, 3.05) is 30.5 Å². The number of hydrogen-bond donors (Lipinski definition) is 2. The number of rotatable bonds is 6. The molecule has 0 radical (unpaired) electrons. The van der Waals surface area contributed by atoms with E-state index in [0.717, 1.165) is 11.3 Å². The normalized spacial score (nSPS) is 10.7. The van der Waals surface area contributed by atoms with Crippen LogP contribution in [0.15, 0.2) is 53.8 Å². The number of hydrazone groups is 1. The Morgan fingerprint density at radius 1 is 1.25 bits per heavy atom. The summed E-state index contributed by atoms with van der Waals surface area (Å²) in [4.78, 5) is 6.11. The molecule has 1 heterocycles. The van der Waals surface area contributed by atoms with Crippen LogP contribution < -0.4 is 10.3 Å². The maximum atomic E-state index is 8.90. The highest BCUT2D eigenvalue weighted by Gasteiger charge is 1.98. The van der Waals surface area contributed by atoms with Crippen LogP contribution in [0, 0.1) is 0 Å². The second-order valence-corrected chi connectivity index (χ2v) is 4.32. The van der Waals surface area contributed by atoms with Gasteiger partial charge in [0.25, 0.3) is 0 Å². The number of aliphatic hydroxyl groups excluding tert-OH is 1. The van der Waals surface area contributed by atoms with E-state index in [4.69, 9.17) is 5.11 Å². The van der Waals surface area contributed by atoms with Gasteiger partial charge in [-0.15, -0.1) is 0 Å². The van der Waals surface area contributed by atoms with Gasteiger partial charge in [0.2, 0.25) is 0 Å². The molecule has 0 bridgehead atoms. The third-order valence-electron chi connectivity index (χ3n) is 2.83. The molecule has 2 rings (SSSR count). The summed E-state index contributed by atoms with van der Waals surface area (Å²) in [7, 11) is 1.95. The average molecular weight is 270 g/mol. The maximum Gasteiger partial charge on any atom is 0.146 e. The minimum Gasteiger partial charge on any atom is -0.395 e. The molecule has 0 aliphatic heterocycles. The summed E-state index contributed by atoms with van der Waals surface area (Å²) in [5.74, 6) is 0.711. The fourth-order valence-electron chi connectivity index (χ4n) is 1.70. The van der Waals surface area contributed by atoms with Crippen LogP contribution in [0.2, 0.25) is 0 Å². The van der Waals surface area contributed by atoms with E-state index < -0.39 is 0 Å². The van der Waals surface area contributed by atoms with Crippen molar-refractivity contribution < 1.29 is 5.11 Å². The summed E-state index contributed by atoms with van der Waals surface area (Å²) >= 11 is 0. The number of nitrogens with zero attached hydrogens (tertiary/aromatic N) is 3. The van der Waals surface area contributed by atoms with E-state index >= 15 is 0 Å². The smallest absolute Gasteiger partial charge is 0.146 e. The van der Waals surface area contributed by atoms with Gasteiger partial charge in [0.15, 0.2) is 0 Å². The summed E-state index contributed by atoms with van der Waals surface area (Å²) < 4.78 is 0. The van der Waals surface area contributed by atoms with E-state index in [1.807, 2.05) is 54.4 Å². The predicted octanol–water partition coefficient (Wildman–Crippen LogP) is 1.96. The van der Waals surface area contributed by atoms with Gasteiger partial charge in [0.1, 0.15) is 5.82 Å². The molecule has 5 nitrogen and oxygen atoms in total. The maximum absolute atomic E-state index is 8.90. The van der Waals surface area contributed by atoms with Gasteiger partial charge in [-0.3, -0.25) is 5.43 Å². The van der Waals surface area contributed by atoms with E-state index in [1.165, 1.54) is 0 Å². The summed E-state index contributed by atoms with van der Waals surface area (Å²) in [5, 5.41) is 13.0. The number of aliphatic hydroxyl groups is 1. The molecule has 104 valence electrons. The minimum atomic E-state index is 0.147. The van der Waals surface area contributed by atoms with Crippen LogP contribution in [0.5, 0.6) is 0 Å². The summed E-state index contributed by atoms with van der Waals surface area (Å²) in [5.41, 5.74) is 4.92. The highest BCUT2D eigenvalue weighted by atomic mass is 16.3. The molecule has 2 N–H and O–H groups in total. The number of aromatic nitrogens is 1. The zero-order valence-corrected chi connectivity index (χ0v) is 11.4. The van der Waals surface area contributed by atoms with Crippen molar-refractivity contribution in [1.29, 1.82) is 0 Å². The monoisotopic (exact) mass is 270 g/mol. The van der Waals surface area contributed by atoms with Crippen LogP contribution in [0.25, 0.3) is 0 Å². The molecule has 0 spiro atoms. The van der Waals surface area contributed by atoms with E-state index in [9.17, 15) is 0 Å². The Morgan fingerprint density at radius 3 is 2.70 bits per heavy atom. The Bertz CT molecular complexity index is 540. The molecule has 0 saturated heterocycles. The highest BCUT2D eigenvalue weighted by Crippen LogP contribution is 2.12. The molecule has 1 aromatic heterocycles. The van der Waals surface area contributed by atoms with Gasteiger partial charge in [-0.1, -0.05) is 18.2 Å². The first-order valence-corrected chi connectivity index (χ1v) is 6.42. The lowest BCUT2D eigenvalue weighted by molar-refractivity contribution is 0.304. The van der Waals surface area contributed by atoms with Crippen LogP contribution >= 0.6 is 0 Å². The zero-order valence-electron chi connectivity index (χ0n) is 11.4. The van der Waals surface area contributed by atoms with Gasteiger partial charge in [0, 0.05) is 25.5 Å². The molecule has 20 heavy (non-hydrogen) atoms. The molecule has 5 heteroatoms. The molecule has 0 fully saturated rings. The fourth-order valence-corrected chi connectivity index (χ4v) is 1.70. The zero-order chi connectivity index (χ0) is 14.2. The summed E-state index contributed by atoms with van der Waals surface area (Å²) in [6.45, 7) is 0.766. The van der Waals surface area contributed by atoms with Gasteiger partial charge >= 0.3 is 0 Å². The first-order valence-electron chi connectivity index (χ1n) is 6.42. The number of pyridine rings is 1. The minimum absolute atomic E-state index is 0.147. The van der Waals surface area contributed by atoms with Crippen LogP contribution in [0.1, 0.15) is 5.56 Å². The Morgan fingerprint density at radius 2 is 2.05 bits per heavy atom. The van der Waals surface area contributed by atoms with Crippen molar-refractivity contribution in [3.8, 4) is 0 Å². The molecular weight excluding hydrogens is 252 g/mol. The Hall–Kier alpha value is -2.40. The van der Waals surface area contributed by atoms with E-state index in [0.29, 0.717) is 12.4 Å². The van der Waals surface area contributed by atoms with Crippen molar-refractivity contribution in [1.82, 2.24) is 4.98 Å². The topological polar surface area (TPSA) is 60.8 Å². The number of benzene rings is 1. The standard InChI is InChI=1S/C15H18N4O/c1-19(10-11-20)14-7-5-13(6-8-14)12-17-18-15-4-2-3-9-16-15/h2-9,12,20H,10-11H2,1H3,(H,16,18)/b17-12-. The van der Waals surface area contributed by atoms with Gasteiger partial charge in [-0.25, -0.2) is 4.98 Å². The third-order valence-corrected chi connectivity index (χ3v) is 2.83. The second kappa shape index (κ2) is 7.25. The lowest BCUT2D eigenvalue weighted by atomic mass is 10.2. The van der Waals surface area contributed by atoms with Crippen molar-refractivity contribution in [2.24, 2.45) is 5.10 Å². The average Bonchev–Trinajstić information content (AvgIpc) is 2.49. The molecule has 0 saturated carbocycles. The SMILES string of the molecule is CN(CCO)c1ccc(/C=N\Nc2ccccn2)cc1. The third kappa shape index (κ3) is 4.07. The highest BCUT2D eigenvalue weighted by molar-refractivity contribution is 5.80. The molecule has 1 aromatic carbocycles. The van der Waals surface area contributed by atoms with Crippen molar-refractivity contribution in [3.63, 3.8) is 0 Å². The van der Waals surface area contributed by atoms with E-state index in [-0.39, 0.29) is 6.61 Å². The molecule has 2 aromatic rings. The molecule has 0 amide bonds. The molecule has 0 atom stereocenters. The first-order chi connectivity index (χ1) is 9.79. The van der Waals surface area contributed by atoms with Crippen LogP contribution in [-0.4, -0.2) is 36.5 Å². The largest absolute Gasteiger partial charge is 0.395 e. The van der Waals surface area contributed by atoms with Gasteiger partial charge < -0.3 is 10.0 Å².